The Labute approximate surface area is 340 Å². The molecule has 3 amide bonds. The number of nitrogens with two attached hydrogens (primary N) is 1. The number of hydrogen-bond donors (Lipinski definition) is 2. The van der Waals surface area contributed by atoms with Crippen molar-refractivity contribution in [2.75, 3.05) is 13.2 Å². The van der Waals surface area contributed by atoms with Crippen molar-refractivity contribution in [2.45, 2.75) is 148 Å². The van der Waals surface area contributed by atoms with Crippen LogP contribution in [-0.4, -0.2) is 80.3 Å². The van der Waals surface area contributed by atoms with Gasteiger partial charge in [-0.15, -0.1) is 11.3 Å². The molecule has 3 heterocycles. The number of aromatic nitrogens is 3. The van der Waals surface area contributed by atoms with E-state index in [0.717, 1.165) is 53.0 Å². The number of primary amides is 1. The highest BCUT2D eigenvalue weighted by atomic mass is 32.1. The number of nitrogens with one attached hydrogen (secondary N) is 1. The topological polar surface area (TPSA) is 168 Å². The molecule has 2 aromatic heterocycles. The van der Waals surface area contributed by atoms with E-state index in [2.05, 4.69) is 36.7 Å². The van der Waals surface area contributed by atoms with Crippen LogP contribution in [0.2, 0.25) is 0 Å². The molecule has 2 aliphatic carbocycles. The number of carbonyl (C=O) groups excluding carboxylic acids is 4. The molecule has 0 bridgehead atoms. The van der Waals surface area contributed by atoms with Crippen molar-refractivity contribution < 1.29 is 33.4 Å². The van der Waals surface area contributed by atoms with Crippen LogP contribution in [0.4, 0.5) is 4.79 Å². The minimum absolute atomic E-state index is 0.00443. The molecule has 310 valence electrons. The van der Waals surface area contributed by atoms with Gasteiger partial charge < -0.3 is 30.2 Å². The maximum absolute atomic E-state index is 14.3. The van der Waals surface area contributed by atoms with Crippen LogP contribution in [0.3, 0.4) is 0 Å². The first-order valence-corrected chi connectivity index (χ1v) is 21.7. The van der Waals surface area contributed by atoms with Crippen molar-refractivity contribution in [3.05, 3.63) is 41.4 Å². The molecule has 0 spiro atoms. The number of imidazole rings is 1. The third-order valence-electron chi connectivity index (χ3n) is 11.0. The highest BCUT2D eigenvalue weighted by Gasteiger charge is 2.44. The van der Waals surface area contributed by atoms with Gasteiger partial charge >= 0.3 is 12.1 Å². The number of ether oxygens (including phenoxy) is 3. The van der Waals surface area contributed by atoms with Crippen molar-refractivity contribution in [1.82, 2.24) is 24.8 Å². The summed E-state index contributed by atoms with van der Waals surface area (Å²) in [6.45, 7) is 11.7. The van der Waals surface area contributed by atoms with Gasteiger partial charge in [0.15, 0.2) is 0 Å². The first-order chi connectivity index (χ1) is 27.2. The lowest BCUT2D eigenvalue weighted by Crippen LogP contribution is -2.53. The van der Waals surface area contributed by atoms with Gasteiger partial charge in [-0.1, -0.05) is 43.9 Å². The second-order valence-electron chi connectivity index (χ2n) is 17.0. The predicted molar refractivity (Wildman–Crippen MR) is 220 cm³/mol. The van der Waals surface area contributed by atoms with Crippen LogP contribution in [0, 0.1) is 11.8 Å². The zero-order valence-corrected chi connectivity index (χ0v) is 35.1. The molecule has 2 saturated carbocycles. The number of nitrogens with zero attached hydrogens (tertiary/aromatic N) is 4. The Hall–Kier alpha value is -4.46. The van der Waals surface area contributed by atoms with Gasteiger partial charge in [0.2, 0.25) is 11.8 Å². The third kappa shape index (κ3) is 10.5. The minimum Gasteiger partial charge on any atom is -0.466 e. The molecule has 1 saturated heterocycles. The lowest BCUT2D eigenvalue weighted by Gasteiger charge is -2.28. The van der Waals surface area contributed by atoms with Crippen LogP contribution in [0.1, 0.15) is 130 Å². The third-order valence-corrected chi connectivity index (χ3v) is 11.9. The summed E-state index contributed by atoms with van der Waals surface area (Å²) >= 11 is 1.64. The van der Waals surface area contributed by atoms with Crippen LogP contribution < -0.4 is 15.8 Å². The largest absolute Gasteiger partial charge is 0.466 e. The second kappa shape index (κ2) is 18.4. The van der Waals surface area contributed by atoms with Crippen molar-refractivity contribution in [3.8, 4) is 16.6 Å². The normalized spacial score (nSPS) is 21.7. The van der Waals surface area contributed by atoms with E-state index in [-0.39, 0.29) is 36.8 Å². The Kier molecular flexibility index (Phi) is 13.6. The van der Waals surface area contributed by atoms with Crippen molar-refractivity contribution in [1.29, 1.82) is 0 Å². The average molecular weight is 805 g/mol. The number of likely N-dealkylation sites (tertiary alicyclic amines) is 1. The van der Waals surface area contributed by atoms with Crippen LogP contribution in [0.15, 0.2) is 35.7 Å². The maximum Gasteiger partial charge on any atom is 0.408 e. The number of hydrogen-bond acceptors (Lipinski definition) is 10. The zero-order chi connectivity index (χ0) is 40.9. The first-order valence-electron chi connectivity index (χ1n) is 20.8. The molecule has 3 aromatic rings. The molecule has 1 aliphatic heterocycles. The summed E-state index contributed by atoms with van der Waals surface area (Å²) in [6, 6.07) is 4.65. The van der Waals surface area contributed by atoms with Crippen LogP contribution >= 0.6 is 11.3 Å². The molecule has 6 rings (SSSR count). The molecule has 3 aliphatic rings. The van der Waals surface area contributed by atoms with Gasteiger partial charge in [0.25, 0.3) is 6.01 Å². The van der Waals surface area contributed by atoms with E-state index in [1.807, 2.05) is 29.7 Å². The van der Waals surface area contributed by atoms with E-state index in [4.69, 9.17) is 29.9 Å². The Morgan fingerprint density at radius 1 is 1.07 bits per heavy atom. The molecule has 3 N–H and O–H groups in total. The van der Waals surface area contributed by atoms with E-state index in [1.165, 1.54) is 30.6 Å². The van der Waals surface area contributed by atoms with Crippen LogP contribution in [0.5, 0.6) is 6.01 Å². The summed E-state index contributed by atoms with van der Waals surface area (Å²) in [5.74, 6) is -0.440. The van der Waals surface area contributed by atoms with Gasteiger partial charge in [0.1, 0.15) is 34.3 Å². The van der Waals surface area contributed by atoms with Crippen molar-refractivity contribution >= 4 is 46.2 Å². The molecule has 13 nitrogen and oxygen atoms in total. The Balaban J connectivity index is 1.13. The quantitative estimate of drug-likeness (QED) is 0.0785. The van der Waals surface area contributed by atoms with Crippen LogP contribution in [-0.2, 0) is 23.9 Å². The SMILES string of the molecule is CCOC(=O)C1CC1C=CCCCCCC(NC(=O)OC(C)(C)C)C(=O)N1CC(Oc2nc3c(-c4nc(C5CCCC5)cs4)cccc3n2C(C)C)CC1C(N)=O. The number of amides is 3. The lowest BCUT2D eigenvalue weighted by molar-refractivity contribution is -0.144. The molecular formula is C43H60N6O7S. The lowest BCUT2D eigenvalue weighted by atomic mass is 10.0. The smallest absolute Gasteiger partial charge is 0.408 e. The maximum atomic E-state index is 14.3. The van der Waals surface area contributed by atoms with E-state index >= 15 is 0 Å². The average Bonchev–Trinajstić information content (AvgIpc) is 3.65. The number of benzene rings is 1. The summed E-state index contributed by atoms with van der Waals surface area (Å²) in [5.41, 5.74) is 8.95. The van der Waals surface area contributed by atoms with E-state index < -0.39 is 41.7 Å². The highest BCUT2D eigenvalue weighted by molar-refractivity contribution is 7.13. The number of fused-ring (bicyclic) bond motifs is 1. The summed E-state index contributed by atoms with van der Waals surface area (Å²) in [4.78, 5) is 63.5. The molecule has 5 unspecified atom stereocenters. The van der Waals surface area contributed by atoms with Crippen LogP contribution in [0.25, 0.3) is 21.6 Å². The fourth-order valence-electron chi connectivity index (χ4n) is 8.13. The standard InChI is InChI=1S/C43H60N6O7S/c1-7-54-40(52)31-22-28(31)18-11-9-8-10-12-20-32(46-42(53)56-43(4,5)6)39(51)48-24-29(23-35(48)37(44)50)55-41-47-36-30(19-15-21-34(36)49(41)26(2)3)38-45-33(25-57-38)27-16-13-14-17-27/h11,15,18-19,21,25-29,31-32,35H,7-10,12-14,16-17,20,22-24H2,1-6H3,(H2,44,50)(H,46,53). The zero-order valence-electron chi connectivity index (χ0n) is 34.3. The van der Waals surface area contributed by atoms with Gasteiger partial charge in [-0.2, -0.15) is 4.98 Å². The molecular weight excluding hydrogens is 745 g/mol. The number of thiazole rings is 1. The highest BCUT2D eigenvalue weighted by Crippen LogP contribution is 2.41. The molecule has 57 heavy (non-hydrogen) atoms. The monoisotopic (exact) mass is 804 g/mol. The second-order valence-corrected chi connectivity index (χ2v) is 17.9. The van der Waals surface area contributed by atoms with Gasteiger partial charge in [-0.3, -0.25) is 19.0 Å². The molecule has 5 atom stereocenters. The molecule has 3 fully saturated rings. The number of para-hydroxylation sites is 1. The van der Waals surface area contributed by atoms with Gasteiger partial charge in [0, 0.05) is 29.3 Å². The van der Waals surface area contributed by atoms with E-state index in [9.17, 15) is 19.2 Å². The predicted octanol–water partition coefficient (Wildman–Crippen LogP) is 7.83. The summed E-state index contributed by atoms with van der Waals surface area (Å²) in [6.07, 6.45) is 12.3. The van der Waals surface area contributed by atoms with Gasteiger partial charge in [-0.05, 0) is 98.1 Å². The molecule has 1 aromatic carbocycles. The number of allylic oxidation sites excluding steroid dienone is 2. The van der Waals surface area contributed by atoms with E-state index in [0.29, 0.717) is 31.4 Å². The molecule has 14 heteroatoms. The van der Waals surface area contributed by atoms with E-state index in [1.54, 1.807) is 32.1 Å². The molecule has 0 radical (unpaired) electrons. The number of unbranched alkanes of at least 4 members (excludes halogenated alkanes) is 3. The Morgan fingerprint density at radius 2 is 1.84 bits per heavy atom. The Bertz CT molecular complexity index is 1930. The fourth-order valence-corrected chi connectivity index (χ4v) is 9.06. The number of rotatable bonds is 17. The van der Waals surface area contributed by atoms with Gasteiger partial charge in [-0.25, -0.2) is 9.78 Å². The van der Waals surface area contributed by atoms with Crippen molar-refractivity contribution in [2.24, 2.45) is 17.6 Å². The van der Waals surface area contributed by atoms with Gasteiger partial charge in [0.05, 0.1) is 30.3 Å². The summed E-state index contributed by atoms with van der Waals surface area (Å²) in [5, 5.41) is 5.89. The first kappa shape index (κ1) is 42.2. The Morgan fingerprint density at radius 3 is 2.54 bits per heavy atom. The summed E-state index contributed by atoms with van der Waals surface area (Å²) < 4.78 is 19.3. The fraction of sp³-hybridized carbons (Fsp3) is 0.628. The number of carbonyl (C=O) groups is 4. The summed E-state index contributed by atoms with van der Waals surface area (Å²) in [7, 11) is 0. The minimum atomic E-state index is -0.928. The van der Waals surface area contributed by atoms with Crippen molar-refractivity contribution in [3.63, 3.8) is 0 Å². The number of alkyl carbamates (subject to hydrolysis) is 1. The number of esters is 1.